The Bertz CT molecular complexity index is 241. The predicted molar refractivity (Wildman–Crippen MR) is 40.2 cm³/mol. The van der Waals surface area contributed by atoms with Gasteiger partial charge in [-0.25, -0.2) is 4.39 Å². The molecular weight excluding hydrogens is 201 g/mol. The molecule has 3 N–H and O–H groups in total. The SMILES string of the molecule is Nc1cc(Br)cc(F)c1O. The number of rotatable bonds is 0. The van der Waals surface area contributed by atoms with Gasteiger partial charge in [0.2, 0.25) is 0 Å². The van der Waals surface area contributed by atoms with Gasteiger partial charge in [-0.3, -0.25) is 0 Å². The monoisotopic (exact) mass is 205 g/mol. The van der Waals surface area contributed by atoms with Gasteiger partial charge in [0.05, 0.1) is 5.69 Å². The average molecular weight is 206 g/mol. The molecule has 0 saturated heterocycles. The van der Waals surface area contributed by atoms with Crippen molar-refractivity contribution in [2.24, 2.45) is 0 Å². The van der Waals surface area contributed by atoms with Crippen LogP contribution in [-0.4, -0.2) is 5.11 Å². The van der Waals surface area contributed by atoms with E-state index >= 15 is 0 Å². The maximum atomic E-state index is 12.5. The number of nitrogens with two attached hydrogens (primary N) is 1. The highest BCUT2D eigenvalue weighted by molar-refractivity contribution is 9.10. The Morgan fingerprint density at radius 3 is 2.60 bits per heavy atom. The number of benzene rings is 1. The van der Waals surface area contributed by atoms with E-state index in [1.807, 2.05) is 0 Å². The van der Waals surface area contributed by atoms with Crippen molar-refractivity contribution in [1.82, 2.24) is 0 Å². The molecule has 0 aromatic heterocycles. The lowest BCUT2D eigenvalue weighted by molar-refractivity contribution is 0.435. The molecule has 10 heavy (non-hydrogen) atoms. The number of anilines is 1. The zero-order valence-electron chi connectivity index (χ0n) is 4.94. The molecule has 54 valence electrons. The maximum absolute atomic E-state index is 12.5. The minimum Gasteiger partial charge on any atom is -0.503 e. The quantitative estimate of drug-likeness (QED) is 0.502. The van der Waals surface area contributed by atoms with Crippen LogP contribution in [-0.2, 0) is 0 Å². The molecule has 1 aromatic rings. The van der Waals surface area contributed by atoms with Crippen molar-refractivity contribution in [3.63, 3.8) is 0 Å². The molecule has 0 bridgehead atoms. The van der Waals surface area contributed by atoms with Crippen molar-refractivity contribution >= 4 is 21.6 Å². The van der Waals surface area contributed by atoms with E-state index in [0.29, 0.717) is 4.47 Å². The van der Waals surface area contributed by atoms with Crippen molar-refractivity contribution < 1.29 is 9.50 Å². The molecule has 0 aliphatic rings. The zero-order chi connectivity index (χ0) is 7.72. The van der Waals surface area contributed by atoms with Crippen molar-refractivity contribution in [3.05, 3.63) is 22.4 Å². The van der Waals surface area contributed by atoms with Crippen LogP contribution in [0.5, 0.6) is 5.75 Å². The van der Waals surface area contributed by atoms with Gasteiger partial charge < -0.3 is 10.8 Å². The molecule has 0 amide bonds. The number of aromatic hydroxyl groups is 1. The van der Waals surface area contributed by atoms with Crippen LogP contribution in [0, 0.1) is 5.82 Å². The van der Waals surface area contributed by atoms with Gasteiger partial charge in [0.1, 0.15) is 0 Å². The van der Waals surface area contributed by atoms with Crippen LogP contribution in [0.25, 0.3) is 0 Å². The Morgan fingerprint density at radius 2 is 2.10 bits per heavy atom. The van der Waals surface area contributed by atoms with Gasteiger partial charge in [0, 0.05) is 4.47 Å². The van der Waals surface area contributed by atoms with Crippen molar-refractivity contribution in [2.75, 3.05) is 5.73 Å². The fourth-order valence-electron chi connectivity index (χ4n) is 0.586. The molecule has 2 nitrogen and oxygen atoms in total. The van der Waals surface area contributed by atoms with Crippen LogP contribution < -0.4 is 5.73 Å². The predicted octanol–water partition coefficient (Wildman–Crippen LogP) is 1.88. The van der Waals surface area contributed by atoms with Gasteiger partial charge in [-0.2, -0.15) is 0 Å². The van der Waals surface area contributed by atoms with E-state index in [9.17, 15) is 4.39 Å². The summed E-state index contributed by atoms with van der Waals surface area (Å²) in [5.74, 6) is -1.21. The van der Waals surface area contributed by atoms with Gasteiger partial charge in [-0.15, -0.1) is 0 Å². The third kappa shape index (κ3) is 1.21. The Balaban J connectivity index is 3.31. The van der Waals surface area contributed by atoms with E-state index in [1.165, 1.54) is 6.07 Å². The van der Waals surface area contributed by atoms with Crippen LogP contribution in [0.2, 0.25) is 0 Å². The van der Waals surface area contributed by atoms with Crippen LogP contribution >= 0.6 is 15.9 Å². The molecular formula is C6H5BrFNO. The molecule has 0 fully saturated rings. The second kappa shape index (κ2) is 2.46. The summed E-state index contributed by atoms with van der Waals surface area (Å²) in [5.41, 5.74) is 5.24. The first-order valence-electron chi connectivity index (χ1n) is 2.54. The van der Waals surface area contributed by atoms with Crippen LogP contribution in [0.3, 0.4) is 0 Å². The second-order valence-electron chi connectivity index (χ2n) is 1.83. The summed E-state index contributed by atoms with van der Waals surface area (Å²) in [6.45, 7) is 0. The normalized spacial score (nSPS) is 9.80. The Kier molecular flexibility index (Phi) is 1.80. The molecule has 0 aliphatic carbocycles. The molecule has 0 radical (unpaired) electrons. The summed E-state index contributed by atoms with van der Waals surface area (Å²) in [5, 5.41) is 8.81. The molecule has 4 heteroatoms. The van der Waals surface area contributed by atoms with E-state index in [-0.39, 0.29) is 5.69 Å². The van der Waals surface area contributed by atoms with E-state index in [0.717, 1.165) is 6.07 Å². The van der Waals surface area contributed by atoms with E-state index in [2.05, 4.69) is 15.9 Å². The number of hydrogen-bond donors (Lipinski definition) is 2. The second-order valence-corrected chi connectivity index (χ2v) is 2.74. The van der Waals surface area contributed by atoms with E-state index in [4.69, 9.17) is 10.8 Å². The molecule has 1 aromatic carbocycles. The largest absolute Gasteiger partial charge is 0.503 e. The Hall–Kier alpha value is -0.770. The van der Waals surface area contributed by atoms with Crippen LogP contribution in [0.1, 0.15) is 0 Å². The van der Waals surface area contributed by atoms with Gasteiger partial charge in [0.25, 0.3) is 0 Å². The summed E-state index contributed by atoms with van der Waals surface area (Å²) in [7, 11) is 0. The first kappa shape index (κ1) is 7.34. The lowest BCUT2D eigenvalue weighted by Gasteiger charge is -1.99. The minimum atomic E-state index is -0.716. The number of nitrogen functional groups attached to an aromatic ring is 1. The molecule has 0 atom stereocenters. The highest BCUT2D eigenvalue weighted by atomic mass is 79.9. The lowest BCUT2D eigenvalue weighted by Crippen LogP contribution is -1.87. The third-order valence-electron chi connectivity index (χ3n) is 1.06. The summed E-state index contributed by atoms with van der Waals surface area (Å²) >= 11 is 3.02. The molecule has 0 heterocycles. The lowest BCUT2D eigenvalue weighted by atomic mass is 10.3. The smallest absolute Gasteiger partial charge is 0.174 e. The molecule has 0 aliphatic heterocycles. The number of halogens is 2. The fraction of sp³-hybridized carbons (Fsp3) is 0. The van der Waals surface area contributed by atoms with Crippen molar-refractivity contribution in [2.45, 2.75) is 0 Å². The first-order valence-corrected chi connectivity index (χ1v) is 3.34. The average Bonchev–Trinajstić information content (AvgIpc) is 1.82. The summed E-state index contributed by atoms with van der Waals surface area (Å²) in [6.07, 6.45) is 0. The fourth-order valence-corrected chi connectivity index (χ4v) is 1.03. The van der Waals surface area contributed by atoms with Gasteiger partial charge in [0.15, 0.2) is 11.6 Å². The highest BCUT2D eigenvalue weighted by Gasteiger charge is 2.04. The number of hydrogen-bond acceptors (Lipinski definition) is 2. The molecule has 0 spiro atoms. The van der Waals surface area contributed by atoms with E-state index < -0.39 is 11.6 Å². The molecule has 1 rings (SSSR count). The van der Waals surface area contributed by atoms with Crippen molar-refractivity contribution in [3.8, 4) is 5.75 Å². The summed E-state index contributed by atoms with van der Waals surface area (Å²) in [4.78, 5) is 0. The summed E-state index contributed by atoms with van der Waals surface area (Å²) < 4.78 is 13.0. The number of phenols is 1. The summed E-state index contributed by atoms with van der Waals surface area (Å²) in [6, 6.07) is 2.57. The van der Waals surface area contributed by atoms with Crippen LogP contribution in [0.15, 0.2) is 16.6 Å². The number of phenolic OH excluding ortho intramolecular Hbond substituents is 1. The van der Waals surface area contributed by atoms with Crippen LogP contribution in [0.4, 0.5) is 10.1 Å². The highest BCUT2D eigenvalue weighted by Crippen LogP contribution is 2.27. The van der Waals surface area contributed by atoms with Crippen molar-refractivity contribution in [1.29, 1.82) is 0 Å². The van der Waals surface area contributed by atoms with E-state index in [1.54, 1.807) is 0 Å². The van der Waals surface area contributed by atoms with Gasteiger partial charge >= 0.3 is 0 Å². The first-order chi connectivity index (χ1) is 4.61. The molecule has 0 saturated carbocycles. The third-order valence-corrected chi connectivity index (χ3v) is 1.52. The van der Waals surface area contributed by atoms with Gasteiger partial charge in [-0.05, 0) is 12.1 Å². The van der Waals surface area contributed by atoms with Gasteiger partial charge in [-0.1, -0.05) is 15.9 Å². The minimum absolute atomic E-state index is 0.0341. The zero-order valence-corrected chi connectivity index (χ0v) is 6.52. The standard InChI is InChI=1S/C6H5BrFNO/c7-3-1-4(8)6(10)5(9)2-3/h1-2,10H,9H2. The Morgan fingerprint density at radius 1 is 1.50 bits per heavy atom. The molecule has 0 unspecified atom stereocenters. The topological polar surface area (TPSA) is 46.2 Å². The Labute approximate surface area is 65.6 Å². The maximum Gasteiger partial charge on any atom is 0.174 e.